The molecule has 1 fully saturated rings. The minimum atomic E-state index is -5.17. The molecule has 0 amide bonds. The van der Waals surface area contributed by atoms with Crippen LogP contribution < -0.4 is 0 Å². The van der Waals surface area contributed by atoms with Gasteiger partial charge in [0.25, 0.3) is 0 Å². The molecule has 0 atom stereocenters. The number of carbonyl (C=O) groups excluding carboxylic acids is 2. The third kappa shape index (κ3) is 14.6. The maximum atomic E-state index is 10.0. The van der Waals surface area contributed by atoms with Gasteiger partial charge in [0, 0.05) is 10.4 Å². The van der Waals surface area contributed by atoms with Crippen LogP contribution in [0.4, 0.5) is 0 Å². The van der Waals surface area contributed by atoms with Crippen molar-refractivity contribution in [1.29, 1.82) is 0 Å². The average molecular weight is 220 g/mol. The van der Waals surface area contributed by atoms with Crippen LogP contribution in [0.15, 0.2) is 0 Å². The Morgan fingerprint density at radius 2 is 1.31 bits per heavy atom. The van der Waals surface area contributed by atoms with Crippen molar-refractivity contribution >= 4 is 45.4 Å². The molecule has 0 bridgehead atoms. The molecule has 1 rings (SSSR count). The normalized spacial score (nSPS) is 15.2. The van der Waals surface area contributed by atoms with Crippen LogP contribution in [-0.2, 0) is 24.7 Å². The van der Waals surface area contributed by atoms with E-state index in [0.29, 0.717) is 0 Å². The number of hydrogen-bond acceptors (Lipinski definition) is 7. The van der Waals surface area contributed by atoms with Crippen LogP contribution in [-0.4, -0.2) is 52.5 Å². The molecule has 13 heavy (non-hydrogen) atoms. The monoisotopic (exact) mass is 220 g/mol. The van der Waals surface area contributed by atoms with Crippen LogP contribution in [0.3, 0.4) is 0 Å². The largest absolute Gasteiger partial charge is 2.00 e. The van der Waals surface area contributed by atoms with Crippen molar-refractivity contribution in [1.82, 2.24) is 0 Å². The molecule has 0 aromatic heterocycles. The Kier molecular flexibility index (Phi) is 7.35. The Hall–Kier alpha value is -0.224. The predicted molar refractivity (Wildman–Crippen MR) is 36.6 cm³/mol. The maximum absolute atomic E-state index is 10.0. The fraction of sp³-hybridized carbons (Fsp3) is 0.500. The summed E-state index contributed by atoms with van der Waals surface area (Å²) in [7, 11) is -5.17. The van der Waals surface area contributed by atoms with Crippen LogP contribution in [0.2, 0.25) is 0 Å². The van der Waals surface area contributed by atoms with Crippen molar-refractivity contribution in [2.45, 2.75) is 12.8 Å². The number of carbonyl (C=O) groups is 2. The topological polar surface area (TPSA) is 124 Å². The molecule has 0 spiro atoms. The summed E-state index contributed by atoms with van der Waals surface area (Å²) in [6.45, 7) is 0. The van der Waals surface area contributed by atoms with E-state index in [-0.39, 0.29) is 35.9 Å². The number of esters is 2. The standard InChI is InChI=1S/C4H4O3.Mg.H2O4S/c5-3-1-2-4(6)7-3;;1-5(2,3)4/h1-2H2;;(H2,1,2,3,4)/q;+2;/p-2. The summed E-state index contributed by atoms with van der Waals surface area (Å²) in [5.41, 5.74) is 0. The predicted octanol–water partition coefficient (Wildman–Crippen LogP) is -1.87. The number of ether oxygens (including phenoxy) is 1. The van der Waals surface area contributed by atoms with Gasteiger partial charge in [-0.15, -0.1) is 0 Å². The van der Waals surface area contributed by atoms with Gasteiger partial charge >= 0.3 is 35.0 Å². The molecular weight excluding hydrogens is 216 g/mol. The molecule has 1 heterocycles. The molecule has 0 radical (unpaired) electrons. The van der Waals surface area contributed by atoms with Crippen LogP contribution >= 0.6 is 0 Å². The van der Waals surface area contributed by atoms with Gasteiger partial charge in [-0.2, -0.15) is 0 Å². The Balaban J connectivity index is 0. The summed E-state index contributed by atoms with van der Waals surface area (Å²) in [6.07, 6.45) is 0.525. The second kappa shape index (κ2) is 6.26. The molecular formula is C4H4MgO7S. The minimum absolute atomic E-state index is 0. The fourth-order valence-corrected chi connectivity index (χ4v) is 0.433. The molecule has 1 aliphatic rings. The number of cyclic esters (lactones) is 2. The van der Waals surface area contributed by atoms with Crippen molar-refractivity contribution in [3.8, 4) is 0 Å². The minimum Gasteiger partial charge on any atom is -0.759 e. The van der Waals surface area contributed by atoms with Gasteiger partial charge in [-0.1, -0.05) is 0 Å². The van der Waals surface area contributed by atoms with E-state index in [9.17, 15) is 9.59 Å². The molecule has 9 heteroatoms. The Morgan fingerprint density at radius 3 is 1.38 bits per heavy atom. The van der Waals surface area contributed by atoms with E-state index in [1.807, 2.05) is 0 Å². The molecule has 0 aromatic carbocycles. The van der Waals surface area contributed by atoms with Crippen molar-refractivity contribution in [3.63, 3.8) is 0 Å². The van der Waals surface area contributed by atoms with Gasteiger partial charge in [-0.05, 0) is 0 Å². The molecule has 70 valence electrons. The van der Waals surface area contributed by atoms with Crippen molar-refractivity contribution < 1.29 is 31.8 Å². The quantitative estimate of drug-likeness (QED) is 0.154. The second-order valence-electron chi connectivity index (χ2n) is 1.75. The number of hydrogen-bond donors (Lipinski definition) is 0. The van der Waals surface area contributed by atoms with E-state index in [2.05, 4.69) is 4.74 Å². The Bertz CT molecular complexity index is 259. The second-order valence-corrected chi connectivity index (χ2v) is 2.57. The SMILES string of the molecule is O=C1CCC(=O)O1.O=S(=O)([O-])[O-].[Mg+2]. The van der Waals surface area contributed by atoms with Crippen LogP contribution in [0.25, 0.3) is 0 Å². The summed E-state index contributed by atoms with van der Waals surface area (Å²) in [6, 6.07) is 0. The van der Waals surface area contributed by atoms with Crippen LogP contribution in [0.1, 0.15) is 12.8 Å². The van der Waals surface area contributed by atoms with Crippen LogP contribution in [0.5, 0.6) is 0 Å². The third-order valence-corrected chi connectivity index (χ3v) is 0.761. The van der Waals surface area contributed by atoms with Gasteiger partial charge in [-0.25, -0.2) is 0 Å². The smallest absolute Gasteiger partial charge is 0.759 e. The molecule has 0 N–H and O–H groups in total. The average Bonchev–Trinajstić information content (AvgIpc) is 2.09. The van der Waals surface area contributed by atoms with E-state index in [0.717, 1.165) is 0 Å². The molecule has 0 saturated carbocycles. The molecule has 0 aliphatic carbocycles. The third-order valence-electron chi connectivity index (χ3n) is 0.761. The zero-order valence-electron chi connectivity index (χ0n) is 6.39. The van der Waals surface area contributed by atoms with Gasteiger partial charge < -0.3 is 13.8 Å². The van der Waals surface area contributed by atoms with Gasteiger partial charge in [0.15, 0.2) is 0 Å². The summed E-state index contributed by atoms with van der Waals surface area (Å²) < 4.78 is 38.2. The first kappa shape index (κ1) is 15.3. The fourth-order valence-electron chi connectivity index (χ4n) is 0.433. The summed E-state index contributed by atoms with van der Waals surface area (Å²) in [4.78, 5) is 20.0. The van der Waals surface area contributed by atoms with Gasteiger partial charge in [0.05, 0.1) is 12.8 Å². The molecule has 7 nitrogen and oxygen atoms in total. The van der Waals surface area contributed by atoms with Crippen molar-refractivity contribution in [2.75, 3.05) is 0 Å². The Labute approximate surface area is 90.2 Å². The van der Waals surface area contributed by atoms with E-state index in [4.69, 9.17) is 17.5 Å². The zero-order valence-corrected chi connectivity index (χ0v) is 8.62. The first-order valence-corrected chi connectivity index (χ1v) is 4.02. The summed E-state index contributed by atoms with van der Waals surface area (Å²) >= 11 is 0. The van der Waals surface area contributed by atoms with Gasteiger partial charge in [0.1, 0.15) is 0 Å². The van der Waals surface area contributed by atoms with Crippen molar-refractivity contribution in [3.05, 3.63) is 0 Å². The van der Waals surface area contributed by atoms with E-state index < -0.39 is 22.3 Å². The molecule has 0 unspecified atom stereocenters. The van der Waals surface area contributed by atoms with Gasteiger partial charge in [-0.3, -0.25) is 18.0 Å². The van der Waals surface area contributed by atoms with Crippen LogP contribution in [0, 0.1) is 0 Å². The molecule has 1 aliphatic heterocycles. The first-order chi connectivity index (χ1) is 5.29. The van der Waals surface area contributed by atoms with E-state index in [1.165, 1.54) is 0 Å². The van der Waals surface area contributed by atoms with Crippen molar-refractivity contribution in [2.24, 2.45) is 0 Å². The Morgan fingerprint density at radius 1 is 1.08 bits per heavy atom. The zero-order chi connectivity index (χ0) is 9.78. The summed E-state index contributed by atoms with van der Waals surface area (Å²) in [5, 5.41) is 0. The molecule has 0 aromatic rings. The maximum Gasteiger partial charge on any atom is 2.00 e. The summed E-state index contributed by atoms with van der Waals surface area (Å²) in [5.74, 6) is -0.796. The molecule has 1 saturated heterocycles. The van der Waals surface area contributed by atoms with E-state index in [1.54, 1.807) is 0 Å². The van der Waals surface area contributed by atoms with Gasteiger partial charge in [0.2, 0.25) is 0 Å². The number of rotatable bonds is 0. The van der Waals surface area contributed by atoms with E-state index >= 15 is 0 Å². The first-order valence-electron chi connectivity index (χ1n) is 2.69.